The summed E-state index contributed by atoms with van der Waals surface area (Å²) in [7, 11) is 0. The van der Waals surface area contributed by atoms with Gasteiger partial charge in [-0.25, -0.2) is 0 Å². The number of carbonyl (C=O) groups excluding carboxylic acids is 8. The van der Waals surface area contributed by atoms with Gasteiger partial charge < -0.3 is 48.5 Å². The Morgan fingerprint density at radius 1 is 0.377 bits per heavy atom. The Hall–Kier alpha value is -10.4. The van der Waals surface area contributed by atoms with Crippen LogP contribution in [0.1, 0.15) is 243 Å². The van der Waals surface area contributed by atoms with Gasteiger partial charge in [-0.15, -0.1) is 0 Å². The van der Waals surface area contributed by atoms with Crippen molar-refractivity contribution in [2.75, 3.05) is 39.5 Å². The highest BCUT2D eigenvalue weighted by molar-refractivity contribution is 6.45. The van der Waals surface area contributed by atoms with Gasteiger partial charge in [-0.1, -0.05) is 169 Å². The number of hydrogen-bond donors (Lipinski definition) is 2. The smallest absolute Gasteiger partial charge is 0.307 e. The Morgan fingerprint density at radius 2 is 0.640 bits per heavy atom. The molecule has 0 bridgehead atoms. The molecule has 20 heteroatoms. The number of esters is 2. The van der Waals surface area contributed by atoms with E-state index in [9.17, 15) is 9.59 Å². The standard InChI is InChI=1S/C94H104N4O16/c1-47(2)59-23-27-69(51(9)35-59)111-73-39-65-79-66(92(104)97(91(65)103)87(55(13)57-19-15-16-20-57)89(101)95-33-31-77(99)109-45-63-43-107-63)41-75(113-71-29-25-61(49(5)6)37-53(71)11)83-84-76(114-72-30-26-62(50(7)8)38-54(72)12)42-68-80-67(40-74(82(86(80)84)81(73)85(79)83)112-70-28-24-60(48(3)4)36-52(70)10)93(105)98(94(68)106)88(56(14)58-21-17-18-22-58)90(102)96-34-32-78(100)110-46-64-44-108-64/h23-30,35-42,47-50,55-58,63-64,87-88H,15-22,31-34,43-46H2,1-14H3,(H,95,101)(H,96,102). The maximum atomic E-state index is 16.9. The first-order chi connectivity index (χ1) is 54.6. The third kappa shape index (κ3) is 15.2. The monoisotopic (exact) mass is 1540 g/mol. The van der Waals surface area contributed by atoms with E-state index in [1.165, 1.54) is 0 Å². The van der Waals surface area contributed by atoms with E-state index in [0.29, 0.717) is 68.5 Å². The Labute approximate surface area is 665 Å². The van der Waals surface area contributed by atoms with Crippen molar-refractivity contribution in [2.24, 2.45) is 23.7 Å². The van der Waals surface area contributed by atoms with Gasteiger partial charge in [0.05, 0.1) is 48.3 Å². The predicted molar refractivity (Wildman–Crippen MR) is 436 cm³/mol. The lowest BCUT2D eigenvalue weighted by atomic mass is 9.79. The van der Waals surface area contributed by atoms with Crippen molar-refractivity contribution in [3.05, 3.63) is 164 Å². The van der Waals surface area contributed by atoms with Crippen molar-refractivity contribution in [3.63, 3.8) is 0 Å². The fourth-order valence-corrected chi connectivity index (χ4v) is 17.7. The van der Waals surface area contributed by atoms with Gasteiger partial charge in [0.1, 0.15) is 83.5 Å². The van der Waals surface area contributed by atoms with Gasteiger partial charge in [0, 0.05) is 56.2 Å². The summed E-state index contributed by atoms with van der Waals surface area (Å²) in [5.41, 5.74) is 7.26. The van der Waals surface area contributed by atoms with Crippen LogP contribution in [0.3, 0.4) is 0 Å². The largest absolute Gasteiger partial charge is 0.463 e. The molecule has 6 amide bonds. The first kappa shape index (κ1) is 78.8. The molecular weight excluding hydrogens is 1440 g/mol. The highest BCUT2D eigenvalue weighted by Gasteiger charge is 2.50. The van der Waals surface area contributed by atoms with Gasteiger partial charge in [-0.2, -0.15) is 0 Å². The number of benzene rings is 9. The summed E-state index contributed by atoms with van der Waals surface area (Å²) < 4.78 is 51.7. The molecule has 2 N–H and O–H groups in total. The second-order valence-corrected chi connectivity index (χ2v) is 33.8. The van der Waals surface area contributed by atoms with Gasteiger partial charge >= 0.3 is 11.9 Å². The second-order valence-electron chi connectivity index (χ2n) is 33.8. The maximum Gasteiger partial charge on any atom is 0.307 e. The molecule has 0 spiro atoms. The van der Waals surface area contributed by atoms with Gasteiger partial charge in [-0.05, 0) is 168 Å². The molecule has 6 unspecified atom stereocenters. The second kappa shape index (κ2) is 32.1. The van der Waals surface area contributed by atoms with Crippen LogP contribution >= 0.6 is 0 Å². The Morgan fingerprint density at radius 3 is 0.877 bits per heavy atom. The van der Waals surface area contributed by atoms with Crippen LogP contribution in [0, 0.1) is 51.4 Å². The van der Waals surface area contributed by atoms with E-state index >= 15 is 28.8 Å². The van der Waals surface area contributed by atoms with Crippen molar-refractivity contribution in [1.82, 2.24) is 20.4 Å². The maximum absolute atomic E-state index is 16.9. The fraction of sp³-hybridized carbons (Fsp3) is 0.447. The topological polar surface area (TPSA) is 248 Å². The normalized spacial score (nSPS) is 18.0. The molecule has 15 rings (SSSR count). The molecule has 2 saturated heterocycles. The number of amides is 6. The molecule has 2 aliphatic carbocycles. The number of rotatable bonds is 30. The number of hydrogen-bond acceptors (Lipinski definition) is 16. The molecule has 4 heterocycles. The number of aryl methyl sites for hydroxylation is 4. The lowest BCUT2D eigenvalue weighted by Gasteiger charge is -2.39. The molecule has 4 fully saturated rings. The molecule has 4 aliphatic heterocycles. The number of fused-ring (bicyclic) bond motifs is 2. The predicted octanol–water partition coefficient (Wildman–Crippen LogP) is 19.1. The van der Waals surface area contributed by atoms with E-state index in [1.807, 2.05) is 90.1 Å². The number of nitrogens with zero attached hydrogens (tertiary/aromatic N) is 2. The molecule has 6 aliphatic rings. The van der Waals surface area contributed by atoms with Crippen LogP contribution in [0.4, 0.5) is 0 Å². The Balaban J connectivity index is 1.06. The SMILES string of the molecule is Cc1cc(C(C)C)ccc1Oc1cc2c3c(cc(Oc4ccc(C(C)C)cc4C)c4c5c(Oc6ccc(C(C)C)cc6C)cc6c7c(cc(Oc8ccc(C(C)C)cc8C)c(c1c34)c75)C(=O)N(C(C(=O)NCCC(=O)OCC1CO1)C(C)C1CCCC1)C6=O)C(=O)N(C(C(=O)NCCC(=O)OCC1CO1)C(C)C1CCCC1)C2=O. The molecule has 6 atom stereocenters. The third-order valence-electron chi connectivity index (χ3n) is 24.6. The summed E-state index contributed by atoms with van der Waals surface area (Å²) in [5, 5.41) is 8.15. The lowest BCUT2D eigenvalue weighted by molar-refractivity contribution is -0.145. The fourth-order valence-electron chi connectivity index (χ4n) is 17.7. The number of carbonyl (C=O) groups is 8. The van der Waals surface area contributed by atoms with Crippen LogP contribution < -0.4 is 29.6 Å². The van der Waals surface area contributed by atoms with Crippen LogP contribution in [0.2, 0.25) is 0 Å². The van der Waals surface area contributed by atoms with Crippen LogP contribution in [0.15, 0.2) is 97.1 Å². The highest BCUT2D eigenvalue weighted by Crippen LogP contribution is 2.59. The van der Waals surface area contributed by atoms with Crippen LogP contribution in [-0.4, -0.2) is 121 Å². The van der Waals surface area contributed by atoms with E-state index in [-0.39, 0.29) is 143 Å². The zero-order valence-corrected chi connectivity index (χ0v) is 67.9. The molecule has 114 heavy (non-hydrogen) atoms. The van der Waals surface area contributed by atoms with Gasteiger partial charge in [0.15, 0.2) is 0 Å². The van der Waals surface area contributed by atoms with E-state index in [4.69, 9.17) is 37.9 Å². The first-order valence-electron chi connectivity index (χ1n) is 41.0. The molecule has 2 saturated carbocycles. The molecule has 9 aromatic carbocycles. The molecule has 0 aromatic heterocycles. The quantitative estimate of drug-likeness (QED) is 0.0140. The summed E-state index contributed by atoms with van der Waals surface area (Å²) in [6.07, 6.45) is 5.89. The molecule has 596 valence electrons. The highest BCUT2D eigenvalue weighted by atomic mass is 16.6. The zero-order valence-electron chi connectivity index (χ0n) is 67.9. The molecular formula is C94H104N4O16. The number of nitrogens with one attached hydrogen (secondary N) is 2. The number of ether oxygens (including phenoxy) is 8. The summed E-state index contributed by atoms with van der Waals surface area (Å²) in [6.45, 7) is 29.4. The minimum Gasteiger partial charge on any atom is -0.463 e. The minimum absolute atomic E-state index is 0.0213. The van der Waals surface area contributed by atoms with Crippen LogP contribution in [0.5, 0.6) is 46.0 Å². The van der Waals surface area contributed by atoms with E-state index in [0.717, 1.165) is 106 Å². The van der Waals surface area contributed by atoms with Crippen molar-refractivity contribution in [1.29, 1.82) is 0 Å². The Bertz CT molecular complexity index is 4790. The van der Waals surface area contributed by atoms with E-state index in [1.54, 1.807) is 24.3 Å². The summed E-state index contributed by atoms with van der Waals surface area (Å²) in [4.78, 5) is 127. The average Bonchev–Trinajstić information content (AvgIpc) is 0.711. The van der Waals surface area contributed by atoms with Crippen molar-refractivity contribution < 1.29 is 76.3 Å². The average molecular weight is 1550 g/mol. The third-order valence-corrected chi connectivity index (χ3v) is 24.6. The van der Waals surface area contributed by atoms with Gasteiger partial charge in [0.2, 0.25) is 11.8 Å². The first-order valence-corrected chi connectivity index (χ1v) is 41.0. The van der Waals surface area contributed by atoms with Crippen molar-refractivity contribution in [3.8, 4) is 46.0 Å². The van der Waals surface area contributed by atoms with Crippen LogP contribution in [0.25, 0.3) is 43.1 Å². The Kier molecular flexibility index (Phi) is 22.2. The van der Waals surface area contributed by atoms with Crippen molar-refractivity contribution >= 4 is 90.5 Å². The van der Waals surface area contributed by atoms with Crippen LogP contribution in [-0.2, 0) is 38.1 Å². The summed E-state index contributed by atoms with van der Waals surface area (Å²) in [6, 6.07) is 27.6. The van der Waals surface area contributed by atoms with Gasteiger partial charge in [0.25, 0.3) is 23.6 Å². The van der Waals surface area contributed by atoms with Crippen molar-refractivity contribution in [2.45, 2.75) is 209 Å². The summed E-state index contributed by atoms with van der Waals surface area (Å²) >= 11 is 0. The molecule has 9 aromatic rings. The van der Waals surface area contributed by atoms with E-state index < -0.39 is 71.3 Å². The molecule has 20 nitrogen and oxygen atoms in total. The molecule has 0 radical (unpaired) electrons. The lowest BCUT2D eigenvalue weighted by Crippen LogP contribution is -2.57. The number of imide groups is 2. The summed E-state index contributed by atoms with van der Waals surface area (Å²) in [5.74, 6) is -4.13. The minimum atomic E-state index is -1.39. The zero-order chi connectivity index (χ0) is 80.6. The van der Waals surface area contributed by atoms with Gasteiger partial charge in [-0.3, -0.25) is 48.2 Å². The number of epoxide rings is 2. The van der Waals surface area contributed by atoms with E-state index in [2.05, 4.69) is 90.3 Å².